The maximum Gasteiger partial charge on any atom is 0.330 e. The van der Waals surface area contributed by atoms with Crippen molar-refractivity contribution in [3.63, 3.8) is 0 Å². The molecule has 2 heterocycles. The summed E-state index contributed by atoms with van der Waals surface area (Å²) in [6.45, 7) is 2.30. The third-order valence-electron chi connectivity index (χ3n) is 7.99. The van der Waals surface area contributed by atoms with Crippen LogP contribution >= 0.6 is 0 Å². The molecular weight excluding hydrogens is 590 g/mol. The molecule has 1 aliphatic rings. The Morgan fingerprint density at radius 3 is 1.91 bits per heavy atom. The van der Waals surface area contributed by atoms with Gasteiger partial charge < -0.3 is 29.4 Å². The molecule has 5 rings (SSSR count). The van der Waals surface area contributed by atoms with Crippen LogP contribution in [-0.2, 0) is 48.3 Å². The highest BCUT2D eigenvalue weighted by Crippen LogP contribution is 2.39. The van der Waals surface area contributed by atoms with E-state index in [9.17, 15) is 14.4 Å². The van der Waals surface area contributed by atoms with Crippen LogP contribution in [0.3, 0.4) is 0 Å². The van der Waals surface area contributed by atoms with Gasteiger partial charge in [0.25, 0.3) is 5.56 Å². The molecule has 0 saturated carbocycles. The van der Waals surface area contributed by atoms with Gasteiger partial charge in [-0.3, -0.25) is 19.1 Å². The summed E-state index contributed by atoms with van der Waals surface area (Å²) in [6, 6.07) is 27.5. The fourth-order valence-corrected chi connectivity index (χ4v) is 5.58. The van der Waals surface area contributed by atoms with Crippen LogP contribution in [0.15, 0.2) is 107 Å². The molecule has 46 heavy (non-hydrogen) atoms. The monoisotopic (exact) mass is 629 g/mol. The minimum Gasteiger partial charge on any atom is -0.468 e. The number of aryl methyl sites for hydroxylation is 1. The first-order valence-electron chi connectivity index (χ1n) is 15.1. The molecular formula is C35H39N3O8. The van der Waals surface area contributed by atoms with E-state index in [0.29, 0.717) is 6.61 Å². The molecule has 242 valence electrons. The molecule has 6 atom stereocenters. The van der Waals surface area contributed by atoms with E-state index in [1.165, 1.54) is 17.9 Å². The van der Waals surface area contributed by atoms with Crippen molar-refractivity contribution in [2.75, 3.05) is 13.7 Å². The van der Waals surface area contributed by atoms with E-state index < -0.39 is 53.7 Å². The lowest BCUT2D eigenvalue weighted by Gasteiger charge is -2.48. The summed E-state index contributed by atoms with van der Waals surface area (Å²) < 4.78 is 32.2. The zero-order chi connectivity index (χ0) is 32.5. The van der Waals surface area contributed by atoms with Crippen molar-refractivity contribution in [3.8, 4) is 0 Å². The molecule has 1 saturated heterocycles. The summed E-state index contributed by atoms with van der Waals surface area (Å²) in [5.41, 5.74) is 8.36. The van der Waals surface area contributed by atoms with Gasteiger partial charge in [-0.05, 0) is 23.6 Å². The SMILES string of the molecule is COC(=O)[C@H](N)[C@@H]1[C@@H](OCc2ccccc2)[C@H](OCc2ccccc2)[C@@H](COCc2ccccc2)O[C@H]1n1cc(C)c(=O)[nH]c1=O. The Bertz CT molecular complexity index is 1660. The van der Waals surface area contributed by atoms with E-state index in [-0.39, 0.29) is 25.4 Å². The molecule has 1 aromatic heterocycles. The molecule has 0 unspecified atom stereocenters. The van der Waals surface area contributed by atoms with Crippen LogP contribution in [0.25, 0.3) is 0 Å². The number of H-pyrrole nitrogens is 1. The normalized spacial score (nSPS) is 21.8. The van der Waals surface area contributed by atoms with Crippen LogP contribution in [0.2, 0.25) is 0 Å². The first-order valence-corrected chi connectivity index (χ1v) is 15.1. The maximum absolute atomic E-state index is 13.3. The zero-order valence-electron chi connectivity index (χ0n) is 25.8. The second-order valence-electron chi connectivity index (χ2n) is 11.2. The lowest BCUT2D eigenvalue weighted by Crippen LogP contribution is -2.62. The number of hydrogen-bond acceptors (Lipinski definition) is 9. The lowest BCUT2D eigenvalue weighted by molar-refractivity contribution is -0.267. The lowest BCUT2D eigenvalue weighted by atomic mass is 9.83. The Morgan fingerprint density at radius 2 is 1.37 bits per heavy atom. The second kappa shape index (κ2) is 15.7. The van der Waals surface area contributed by atoms with Gasteiger partial charge in [0.15, 0.2) is 0 Å². The van der Waals surface area contributed by atoms with E-state index in [1.807, 2.05) is 91.0 Å². The highest BCUT2D eigenvalue weighted by Gasteiger charge is 2.52. The second-order valence-corrected chi connectivity index (χ2v) is 11.2. The molecule has 0 bridgehead atoms. The first-order chi connectivity index (χ1) is 22.4. The number of aromatic nitrogens is 2. The van der Waals surface area contributed by atoms with E-state index in [2.05, 4.69) is 4.98 Å². The predicted octanol–water partition coefficient (Wildman–Crippen LogP) is 3.25. The molecule has 1 aliphatic heterocycles. The van der Waals surface area contributed by atoms with Gasteiger partial charge in [0.2, 0.25) is 0 Å². The smallest absolute Gasteiger partial charge is 0.330 e. The summed E-state index contributed by atoms with van der Waals surface area (Å²) in [6.07, 6.45) is -2.22. The number of esters is 1. The van der Waals surface area contributed by atoms with Crippen molar-refractivity contribution >= 4 is 5.97 Å². The molecule has 3 aromatic carbocycles. The minimum atomic E-state index is -1.29. The summed E-state index contributed by atoms with van der Waals surface area (Å²) in [4.78, 5) is 40.9. The van der Waals surface area contributed by atoms with Crippen LogP contribution < -0.4 is 17.0 Å². The quantitative estimate of drug-likeness (QED) is 0.213. The number of hydrogen-bond donors (Lipinski definition) is 2. The van der Waals surface area contributed by atoms with Gasteiger partial charge >= 0.3 is 11.7 Å². The van der Waals surface area contributed by atoms with E-state index in [4.69, 9.17) is 29.4 Å². The van der Waals surface area contributed by atoms with E-state index in [0.717, 1.165) is 16.7 Å². The standard InChI is InChI=1S/C35H39N3O8/c1-23-18-38(35(41)37-32(23)39)33-28(29(36)34(40)42-2)31(45-21-26-16-10-5-11-17-26)30(44-20-25-14-8-4-9-15-25)27(46-33)22-43-19-24-12-6-3-7-13-24/h3-18,27-31,33H,19-22,36H2,1-2H3,(H,37,39,41)/t27-,28-,29-,30-,31-,33-/m1/s1. The van der Waals surface area contributed by atoms with Crippen LogP contribution in [0.1, 0.15) is 28.5 Å². The molecule has 3 N–H and O–H groups in total. The number of methoxy groups -OCH3 is 1. The molecule has 0 amide bonds. The summed E-state index contributed by atoms with van der Waals surface area (Å²) in [5, 5.41) is 0. The summed E-state index contributed by atoms with van der Waals surface area (Å²) >= 11 is 0. The summed E-state index contributed by atoms with van der Waals surface area (Å²) in [7, 11) is 1.24. The third kappa shape index (κ3) is 8.06. The van der Waals surface area contributed by atoms with Crippen molar-refractivity contribution in [2.24, 2.45) is 11.7 Å². The molecule has 0 aliphatic carbocycles. The van der Waals surface area contributed by atoms with E-state index in [1.54, 1.807) is 6.92 Å². The Morgan fingerprint density at radius 1 is 0.848 bits per heavy atom. The summed E-state index contributed by atoms with van der Waals surface area (Å²) in [5.74, 6) is -1.70. The van der Waals surface area contributed by atoms with Crippen molar-refractivity contribution in [1.82, 2.24) is 9.55 Å². The van der Waals surface area contributed by atoms with Gasteiger partial charge in [-0.15, -0.1) is 0 Å². The predicted molar refractivity (Wildman–Crippen MR) is 170 cm³/mol. The highest BCUT2D eigenvalue weighted by molar-refractivity contribution is 5.76. The highest BCUT2D eigenvalue weighted by atomic mass is 16.6. The van der Waals surface area contributed by atoms with E-state index >= 15 is 0 Å². The largest absolute Gasteiger partial charge is 0.468 e. The van der Waals surface area contributed by atoms with Crippen molar-refractivity contribution < 1.29 is 28.5 Å². The van der Waals surface area contributed by atoms with Gasteiger partial charge in [-0.25, -0.2) is 4.79 Å². The topological polar surface area (TPSA) is 144 Å². The number of nitrogens with one attached hydrogen (secondary N) is 1. The Hall–Kier alpha value is -4.39. The maximum atomic E-state index is 13.3. The Labute approximate surface area is 266 Å². The number of nitrogens with two attached hydrogens (primary N) is 1. The number of carbonyl (C=O) groups is 1. The van der Waals surface area contributed by atoms with Gasteiger partial charge in [-0.1, -0.05) is 91.0 Å². The molecule has 11 heteroatoms. The Kier molecular flexibility index (Phi) is 11.3. The number of nitrogens with zero attached hydrogens (tertiary/aromatic N) is 1. The molecule has 0 spiro atoms. The number of rotatable bonds is 13. The average Bonchev–Trinajstić information content (AvgIpc) is 3.08. The number of benzene rings is 3. The molecule has 1 fully saturated rings. The Balaban J connectivity index is 1.57. The first kappa shape index (κ1) is 33.0. The van der Waals surface area contributed by atoms with Gasteiger partial charge in [0, 0.05) is 11.8 Å². The van der Waals surface area contributed by atoms with Crippen LogP contribution in [0.5, 0.6) is 0 Å². The average molecular weight is 630 g/mol. The van der Waals surface area contributed by atoms with Crippen LogP contribution in [-0.4, -0.2) is 53.6 Å². The number of aromatic amines is 1. The number of ether oxygens (including phenoxy) is 5. The third-order valence-corrected chi connectivity index (χ3v) is 7.99. The fraction of sp³-hybridized carbons (Fsp3) is 0.343. The fourth-order valence-electron chi connectivity index (χ4n) is 5.58. The van der Waals surface area contributed by atoms with Crippen LogP contribution in [0.4, 0.5) is 0 Å². The molecule has 0 radical (unpaired) electrons. The van der Waals surface area contributed by atoms with Gasteiger partial charge in [-0.2, -0.15) is 0 Å². The molecule has 4 aromatic rings. The van der Waals surface area contributed by atoms with Gasteiger partial charge in [0.05, 0.1) is 45.6 Å². The minimum absolute atomic E-state index is 0.0628. The number of carbonyl (C=O) groups excluding carboxylic acids is 1. The zero-order valence-corrected chi connectivity index (χ0v) is 25.8. The van der Waals surface area contributed by atoms with Crippen molar-refractivity contribution in [2.45, 2.75) is 57.3 Å². The van der Waals surface area contributed by atoms with Gasteiger partial charge in [0.1, 0.15) is 24.5 Å². The molecule has 11 nitrogen and oxygen atoms in total. The van der Waals surface area contributed by atoms with Crippen molar-refractivity contribution in [1.29, 1.82) is 0 Å². The van der Waals surface area contributed by atoms with Crippen LogP contribution in [0, 0.1) is 12.8 Å². The van der Waals surface area contributed by atoms with Crippen molar-refractivity contribution in [3.05, 3.63) is 140 Å².